The summed E-state index contributed by atoms with van der Waals surface area (Å²) in [5.74, 6) is 0.352. The van der Waals surface area contributed by atoms with Crippen LogP contribution in [0.5, 0.6) is 5.75 Å². The van der Waals surface area contributed by atoms with Gasteiger partial charge in [-0.15, -0.1) is 0 Å². The molecule has 0 spiro atoms. The number of likely N-dealkylation sites (N-methyl/N-ethyl adjacent to an activating group) is 1. The number of hydrogen-bond acceptors (Lipinski definition) is 7. The summed E-state index contributed by atoms with van der Waals surface area (Å²) < 4.78 is 21.3. The van der Waals surface area contributed by atoms with E-state index in [2.05, 4.69) is 45.0 Å². The highest BCUT2D eigenvalue weighted by Gasteiger charge is 2.32. The Kier molecular flexibility index (Phi) is 5.97. The van der Waals surface area contributed by atoms with Crippen LogP contribution in [0.25, 0.3) is 27.7 Å². The summed E-state index contributed by atoms with van der Waals surface area (Å²) in [6, 6.07) is 5.65. The van der Waals surface area contributed by atoms with Gasteiger partial charge in [-0.1, -0.05) is 6.92 Å². The number of pyridine rings is 1. The van der Waals surface area contributed by atoms with E-state index in [4.69, 9.17) is 9.72 Å². The van der Waals surface area contributed by atoms with Gasteiger partial charge in [-0.05, 0) is 37.1 Å². The first-order valence-corrected chi connectivity index (χ1v) is 12.7. The van der Waals surface area contributed by atoms with E-state index in [0.717, 1.165) is 73.5 Å². The quantitative estimate of drug-likeness (QED) is 0.434. The van der Waals surface area contributed by atoms with Crippen LogP contribution in [-0.2, 0) is 0 Å². The normalized spacial score (nSPS) is 21.9. The molecular weight excluding hydrogens is 457 g/mol. The second kappa shape index (κ2) is 9.29. The number of rotatable bonds is 4. The molecule has 2 saturated heterocycles. The van der Waals surface area contributed by atoms with Crippen molar-refractivity contribution >= 4 is 22.2 Å². The van der Waals surface area contributed by atoms with E-state index in [1.54, 1.807) is 12.3 Å². The number of piperidine rings is 1. The van der Waals surface area contributed by atoms with Gasteiger partial charge in [0.25, 0.3) is 0 Å². The van der Waals surface area contributed by atoms with Crippen molar-refractivity contribution in [3.63, 3.8) is 0 Å². The second-order valence-electron chi connectivity index (χ2n) is 10.1. The summed E-state index contributed by atoms with van der Waals surface area (Å²) in [4.78, 5) is 16.7. The first-order valence-electron chi connectivity index (χ1n) is 12.7. The molecule has 1 aromatic carbocycles. The maximum atomic E-state index is 14.2. The molecule has 0 amide bonds. The fourth-order valence-corrected chi connectivity index (χ4v) is 5.82. The number of aromatic nitrogens is 4. The Morgan fingerprint density at radius 1 is 1.03 bits per heavy atom. The highest BCUT2D eigenvalue weighted by molar-refractivity contribution is 5.98. The van der Waals surface area contributed by atoms with E-state index in [0.29, 0.717) is 17.5 Å². The summed E-state index contributed by atoms with van der Waals surface area (Å²) in [6.07, 6.45) is 8.69. The van der Waals surface area contributed by atoms with Crippen LogP contribution in [0, 0.1) is 11.7 Å². The largest absolute Gasteiger partial charge is 0.494 e. The standard InChI is InChI=1S/C27H32FN7O/c1-18-16-34(7-5-25(18)33-10-8-32(2)9-11-33)19-14-30-27-22(15-31-35(27)17-19)20-4-6-29-24-13-23(28)26(36-3)12-21(20)24/h4,6,12-15,17-18,25H,5,7-11,16H2,1-3H3. The molecule has 2 aliphatic rings. The van der Waals surface area contributed by atoms with Crippen LogP contribution in [0.15, 0.2) is 43.0 Å². The molecule has 188 valence electrons. The summed E-state index contributed by atoms with van der Waals surface area (Å²) in [6.45, 7) is 9.04. The zero-order chi connectivity index (χ0) is 24.8. The summed E-state index contributed by atoms with van der Waals surface area (Å²) in [5, 5.41) is 5.42. The summed E-state index contributed by atoms with van der Waals surface area (Å²) >= 11 is 0. The Morgan fingerprint density at radius 3 is 2.64 bits per heavy atom. The Labute approximate surface area is 210 Å². The molecule has 4 aromatic rings. The SMILES string of the molecule is COc1cc2c(-c3cnn4cc(N5CCC(N6CCN(C)CC6)C(C)C5)cnc34)ccnc2cc1F. The van der Waals surface area contributed by atoms with Gasteiger partial charge >= 0.3 is 0 Å². The minimum Gasteiger partial charge on any atom is -0.494 e. The van der Waals surface area contributed by atoms with Crippen LogP contribution < -0.4 is 9.64 Å². The van der Waals surface area contributed by atoms with E-state index >= 15 is 0 Å². The van der Waals surface area contributed by atoms with Gasteiger partial charge in [-0.25, -0.2) is 13.9 Å². The van der Waals surface area contributed by atoms with Crippen molar-refractivity contribution in [3.8, 4) is 16.9 Å². The van der Waals surface area contributed by atoms with Crippen molar-refractivity contribution in [2.75, 3.05) is 58.3 Å². The number of hydrogen-bond donors (Lipinski definition) is 0. The lowest BCUT2D eigenvalue weighted by Gasteiger charge is -2.45. The van der Waals surface area contributed by atoms with Crippen molar-refractivity contribution in [1.29, 1.82) is 0 Å². The summed E-state index contributed by atoms with van der Waals surface area (Å²) in [7, 11) is 3.68. The molecule has 2 unspecified atom stereocenters. The Bertz CT molecular complexity index is 1400. The third-order valence-electron chi connectivity index (χ3n) is 7.88. The molecule has 2 fully saturated rings. The first-order chi connectivity index (χ1) is 17.5. The summed E-state index contributed by atoms with van der Waals surface area (Å²) in [5.41, 5.74) is 4.19. The van der Waals surface area contributed by atoms with Crippen LogP contribution in [0.4, 0.5) is 10.1 Å². The van der Waals surface area contributed by atoms with Gasteiger partial charge in [0.2, 0.25) is 0 Å². The average molecular weight is 490 g/mol. The van der Waals surface area contributed by atoms with E-state index in [-0.39, 0.29) is 5.75 Å². The van der Waals surface area contributed by atoms with Crippen molar-refractivity contribution in [1.82, 2.24) is 29.4 Å². The molecule has 36 heavy (non-hydrogen) atoms. The van der Waals surface area contributed by atoms with Gasteiger partial charge in [0.05, 0.1) is 36.9 Å². The smallest absolute Gasteiger partial charge is 0.167 e. The van der Waals surface area contributed by atoms with Crippen LogP contribution in [0.3, 0.4) is 0 Å². The molecule has 6 rings (SSSR count). The predicted molar refractivity (Wildman–Crippen MR) is 139 cm³/mol. The van der Waals surface area contributed by atoms with E-state index in [1.807, 2.05) is 23.0 Å². The Morgan fingerprint density at radius 2 is 1.86 bits per heavy atom. The Balaban J connectivity index is 1.26. The zero-order valence-electron chi connectivity index (χ0n) is 21.1. The van der Waals surface area contributed by atoms with Gasteiger partial charge < -0.3 is 14.5 Å². The lowest BCUT2D eigenvalue weighted by atomic mass is 9.91. The molecule has 0 radical (unpaired) electrons. The Hall–Kier alpha value is -3.30. The van der Waals surface area contributed by atoms with Crippen molar-refractivity contribution in [2.24, 2.45) is 5.92 Å². The van der Waals surface area contributed by atoms with Crippen LogP contribution in [0.2, 0.25) is 0 Å². The third-order valence-corrected chi connectivity index (χ3v) is 7.88. The minimum absolute atomic E-state index is 0.192. The molecule has 8 nitrogen and oxygen atoms in total. The first kappa shape index (κ1) is 23.1. The molecule has 0 aliphatic carbocycles. The van der Waals surface area contributed by atoms with Crippen LogP contribution >= 0.6 is 0 Å². The van der Waals surface area contributed by atoms with Crippen molar-refractivity contribution in [3.05, 3.63) is 48.8 Å². The molecule has 5 heterocycles. The van der Waals surface area contributed by atoms with Crippen LogP contribution in [0.1, 0.15) is 13.3 Å². The van der Waals surface area contributed by atoms with Crippen molar-refractivity contribution in [2.45, 2.75) is 19.4 Å². The fourth-order valence-electron chi connectivity index (χ4n) is 5.82. The molecule has 0 bridgehead atoms. The van der Waals surface area contributed by atoms with Gasteiger partial charge in [-0.3, -0.25) is 9.88 Å². The highest BCUT2D eigenvalue weighted by atomic mass is 19.1. The number of benzene rings is 1. The lowest BCUT2D eigenvalue weighted by Crippen LogP contribution is -2.55. The maximum Gasteiger partial charge on any atom is 0.167 e. The number of nitrogens with zero attached hydrogens (tertiary/aromatic N) is 7. The van der Waals surface area contributed by atoms with E-state index in [1.165, 1.54) is 13.2 Å². The molecule has 2 aliphatic heterocycles. The number of anilines is 1. The second-order valence-corrected chi connectivity index (χ2v) is 10.1. The molecular formula is C27H32FN7O. The maximum absolute atomic E-state index is 14.2. The predicted octanol–water partition coefficient (Wildman–Crippen LogP) is 3.55. The average Bonchev–Trinajstić information content (AvgIpc) is 3.31. The van der Waals surface area contributed by atoms with E-state index < -0.39 is 5.82 Å². The molecule has 0 N–H and O–H groups in total. The van der Waals surface area contributed by atoms with Gasteiger partial charge in [0.1, 0.15) is 0 Å². The van der Waals surface area contributed by atoms with Gasteiger partial charge in [0, 0.05) is 68.5 Å². The fraction of sp³-hybridized carbons (Fsp3) is 0.444. The van der Waals surface area contributed by atoms with Gasteiger partial charge in [-0.2, -0.15) is 5.10 Å². The van der Waals surface area contributed by atoms with Gasteiger partial charge in [0.15, 0.2) is 17.2 Å². The molecule has 3 aromatic heterocycles. The van der Waals surface area contributed by atoms with Crippen molar-refractivity contribution < 1.29 is 9.13 Å². The number of halogens is 1. The lowest BCUT2D eigenvalue weighted by molar-refractivity contribution is 0.0738. The topological polar surface area (TPSA) is 62.0 Å². The zero-order valence-corrected chi connectivity index (χ0v) is 21.1. The monoisotopic (exact) mass is 489 g/mol. The molecule has 0 saturated carbocycles. The van der Waals surface area contributed by atoms with E-state index in [9.17, 15) is 4.39 Å². The highest BCUT2D eigenvalue weighted by Crippen LogP contribution is 2.34. The number of fused-ring (bicyclic) bond motifs is 2. The number of ether oxygens (including phenoxy) is 1. The van der Waals surface area contributed by atoms with Crippen LogP contribution in [-0.4, -0.2) is 88.8 Å². The minimum atomic E-state index is -0.428. The number of piperazine rings is 1. The third kappa shape index (κ3) is 4.06. The number of methoxy groups -OCH3 is 1. The molecule has 2 atom stereocenters. The molecule has 9 heteroatoms.